The number of Topliss-reactive ketones (excluding diaryl/α,β-unsaturated/α-hetero) is 1. The molecular formula is C19H21NO4. The zero-order chi connectivity index (χ0) is 17.9. The summed E-state index contributed by atoms with van der Waals surface area (Å²) in [5, 5.41) is 11.5. The van der Waals surface area contributed by atoms with Gasteiger partial charge in [-0.1, -0.05) is 45.0 Å². The Morgan fingerprint density at radius 1 is 1.08 bits per heavy atom. The molecule has 1 aromatic heterocycles. The molecule has 1 heterocycles. The van der Waals surface area contributed by atoms with E-state index in [1.54, 1.807) is 18.2 Å². The Morgan fingerprint density at radius 3 is 2.25 bits per heavy atom. The number of aromatic nitrogens is 1. The van der Waals surface area contributed by atoms with Crippen LogP contribution in [0.5, 0.6) is 0 Å². The molecule has 0 aliphatic heterocycles. The molecule has 2 aromatic rings. The fourth-order valence-corrected chi connectivity index (χ4v) is 2.23. The molecule has 5 nitrogen and oxygen atoms in total. The summed E-state index contributed by atoms with van der Waals surface area (Å²) in [7, 11) is 0. The number of esters is 1. The van der Waals surface area contributed by atoms with Crippen molar-refractivity contribution in [1.82, 2.24) is 0 Å². The van der Waals surface area contributed by atoms with Crippen molar-refractivity contribution in [1.29, 1.82) is 0 Å². The molecule has 24 heavy (non-hydrogen) atoms. The third-order valence-corrected chi connectivity index (χ3v) is 3.72. The first-order chi connectivity index (χ1) is 11.2. The van der Waals surface area contributed by atoms with Gasteiger partial charge in [-0.3, -0.25) is 4.79 Å². The molecular weight excluding hydrogens is 306 g/mol. The van der Waals surface area contributed by atoms with E-state index in [0.717, 1.165) is 5.56 Å². The van der Waals surface area contributed by atoms with Crippen LogP contribution in [-0.2, 0) is 10.2 Å². The monoisotopic (exact) mass is 327 g/mol. The summed E-state index contributed by atoms with van der Waals surface area (Å²) in [6.07, 6.45) is 0.229. The van der Waals surface area contributed by atoms with Gasteiger partial charge in [-0.05, 0) is 24.0 Å². The van der Waals surface area contributed by atoms with Gasteiger partial charge < -0.3 is 9.94 Å². The van der Waals surface area contributed by atoms with Gasteiger partial charge in [-0.25, -0.2) is 4.79 Å². The summed E-state index contributed by atoms with van der Waals surface area (Å²) in [5.41, 5.74) is 1.42. The van der Waals surface area contributed by atoms with Crippen molar-refractivity contribution in [2.45, 2.75) is 39.2 Å². The average molecular weight is 327 g/mol. The first kappa shape index (κ1) is 17.7. The summed E-state index contributed by atoms with van der Waals surface area (Å²) in [6.45, 7) is 7.76. The van der Waals surface area contributed by atoms with Gasteiger partial charge in [-0.15, -0.1) is 0 Å². The summed E-state index contributed by atoms with van der Waals surface area (Å²) < 4.78 is 5.54. The number of carbonyl (C=O) groups excluding carboxylic acids is 2. The van der Waals surface area contributed by atoms with Crippen LogP contribution >= 0.6 is 0 Å². The van der Waals surface area contributed by atoms with Crippen LogP contribution in [0.1, 0.15) is 54.1 Å². The number of pyridine rings is 1. The fraction of sp³-hybridized carbons (Fsp3) is 0.316. The Balaban J connectivity index is 2.10. The van der Waals surface area contributed by atoms with Gasteiger partial charge in [0.2, 0.25) is 5.78 Å². The van der Waals surface area contributed by atoms with Crippen molar-refractivity contribution in [2.75, 3.05) is 0 Å². The zero-order valence-electron chi connectivity index (χ0n) is 14.3. The number of hydrogen-bond donors (Lipinski definition) is 0. The van der Waals surface area contributed by atoms with Gasteiger partial charge in [0.25, 0.3) is 0 Å². The van der Waals surface area contributed by atoms with Crippen LogP contribution < -0.4 is 4.73 Å². The lowest BCUT2D eigenvalue weighted by Crippen LogP contribution is -2.36. The number of nitrogens with zero attached hydrogens (tertiary/aromatic N) is 1. The van der Waals surface area contributed by atoms with E-state index in [-0.39, 0.29) is 16.9 Å². The largest absolute Gasteiger partial charge is 0.618 e. The average Bonchev–Trinajstić information content (AvgIpc) is 2.53. The van der Waals surface area contributed by atoms with Crippen LogP contribution in [0, 0.1) is 5.21 Å². The molecule has 0 amide bonds. The molecule has 1 atom stereocenters. The van der Waals surface area contributed by atoms with Crippen LogP contribution in [0.25, 0.3) is 0 Å². The molecule has 0 saturated carbocycles. The van der Waals surface area contributed by atoms with Crippen molar-refractivity contribution in [3.05, 3.63) is 70.7 Å². The molecule has 126 valence electrons. The molecule has 0 radical (unpaired) electrons. The summed E-state index contributed by atoms with van der Waals surface area (Å²) in [4.78, 5) is 24.4. The molecule has 0 N–H and O–H groups in total. The van der Waals surface area contributed by atoms with Crippen LogP contribution in [0.15, 0.2) is 48.7 Å². The third-order valence-electron chi connectivity index (χ3n) is 3.72. The SMILES string of the molecule is C[C@H](OC(=O)c1cccc[n+]1[O-])C(=O)c1ccc(C(C)(C)C)cc1. The Morgan fingerprint density at radius 2 is 1.71 bits per heavy atom. The maximum Gasteiger partial charge on any atom is 0.405 e. The molecule has 2 rings (SSSR count). The first-order valence-electron chi connectivity index (χ1n) is 7.74. The Bertz CT molecular complexity index is 745. The van der Waals surface area contributed by atoms with E-state index >= 15 is 0 Å². The van der Waals surface area contributed by atoms with Gasteiger partial charge in [-0.2, -0.15) is 4.73 Å². The van der Waals surface area contributed by atoms with Gasteiger partial charge in [0.1, 0.15) is 0 Å². The number of benzene rings is 1. The van der Waals surface area contributed by atoms with E-state index in [1.165, 1.54) is 25.3 Å². The molecule has 1 aromatic carbocycles. The highest BCUT2D eigenvalue weighted by Crippen LogP contribution is 2.22. The number of rotatable bonds is 4. The van der Waals surface area contributed by atoms with E-state index in [1.807, 2.05) is 12.1 Å². The third kappa shape index (κ3) is 3.98. The number of carbonyl (C=O) groups is 2. The maximum absolute atomic E-state index is 12.4. The quantitative estimate of drug-likeness (QED) is 0.374. The molecule has 0 aliphatic rings. The Hall–Kier alpha value is -2.69. The molecule has 0 bridgehead atoms. The Kier molecular flexibility index (Phi) is 5.02. The first-order valence-corrected chi connectivity index (χ1v) is 7.74. The maximum atomic E-state index is 12.4. The summed E-state index contributed by atoms with van der Waals surface area (Å²) >= 11 is 0. The molecule has 5 heteroatoms. The van der Waals surface area contributed by atoms with E-state index in [9.17, 15) is 14.8 Å². The van der Waals surface area contributed by atoms with Gasteiger partial charge in [0, 0.05) is 17.7 Å². The predicted octanol–water partition coefficient (Wildman–Crippen LogP) is 3.05. The summed E-state index contributed by atoms with van der Waals surface area (Å²) in [5.74, 6) is -1.13. The molecule has 0 fully saturated rings. The highest BCUT2D eigenvalue weighted by Gasteiger charge is 2.24. The van der Waals surface area contributed by atoms with E-state index < -0.39 is 12.1 Å². The number of ether oxygens (including phenoxy) is 1. The molecule has 0 aliphatic carbocycles. The zero-order valence-corrected chi connectivity index (χ0v) is 14.3. The normalized spacial score (nSPS) is 12.5. The number of hydrogen-bond acceptors (Lipinski definition) is 4. The van der Waals surface area contributed by atoms with E-state index in [2.05, 4.69) is 20.8 Å². The topological polar surface area (TPSA) is 70.3 Å². The van der Waals surface area contributed by atoms with E-state index in [4.69, 9.17) is 4.74 Å². The molecule has 0 unspecified atom stereocenters. The second-order valence-corrected chi connectivity index (χ2v) is 6.65. The van der Waals surface area contributed by atoms with Crippen molar-refractivity contribution >= 4 is 11.8 Å². The van der Waals surface area contributed by atoms with Crippen LogP contribution in [0.4, 0.5) is 0 Å². The lowest BCUT2D eigenvalue weighted by molar-refractivity contribution is -0.608. The standard InChI is InChI=1S/C19H21NO4/c1-13(24-18(22)16-7-5-6-12-20(16)23)17(21)14-8-10-15(11-9-14)19(2,3)4/h5-13H,1-4H3/t13-/m0/s1. The second kappa shape index (κ2) is 6.83. The minimum absolute atomic E-state index is 0.00524. The van der Waals surface area contributed by atoms with Crippen LogP contribution in [0.2, 0.25) is 0 Å². The highest BCUT2D eigenvalue weighted by molar-refractivity contribution is 6.01. The minimum Gasteiger partial charge on any atom is -0.618 e. The summed E-state index contributed by atoms with van der Waals surface area (Å²) in [6, 6.07) is 11.7. The molecule has 0 spiro atoms. The van der Waals surface area contributed by atoms with Crippen molar-refractivity contribution in [3.8, 4) is 0 Å². The van der Waals surface area contributed by atoms with Gasteiger partial charge in [0.05, 0.1) is 0 Å². The predicted molar refractivity (Wildman–Crippen MR) is 89.8 cm³/mol. The van der Waals surface area contributed by atoms with Gasteiger partial charge in [0.15, 0.2) is 12.3 Å². The van der Waals surface area contributed by atoms with E-state index in [0.29, 0.717) is 10.3 Å². The Labute approximate surface area is 141 Å². The van der Waals surface area contributed by atoms with Crippen LogP contribution in [-0.4, -0.2) is 17.9 Å². The highest BCUT2D eigenvalue weighted by atomic mass is 16.6. The lowest BCUT2D eigenvalue weighted by atomic mass is 9.86. The number of ketones is 1. The van der Waals surface area contributed by atoms with Gasteiger partial charge >= 0.3 is 11.7 Å². The van der Waals surface area contributed by atoms with Crippen molar-refractivity contribution in [3.63, 3.8) is 0 Å². The smallest absolute Gasteiger partial charge is 0.405 e. The van der Waals surface area contributed by atoms with Crippen molar-refractivity contribution < 1.29 is 19.1 Å². The van der Waals surface area contributed by atoms with Crippen molar-refractivity contribution in [2.24, 2.45) is 0 Å². The fourth-order valence-electron chi connectivity index (χ4n) is 2.23. The lowest BCUT2D eigenvalue weighted by Gasteiger charge is -2.19. The minimum atomic E-state index is -0.974. The second-order valence-electron chi connectivity index (χ2n) is 6.65. The van der Waals surface area contributed by atoms with Crippen LogP contribution in [0.3, 0.4) is 0 Å². The molecule has 0 saturated heterocycles.